The summed E-state index contributed by atoms with van der Waals surface area (Å²) in [5, 5.41) is 8.58. The number of aliphatic carboxylic acids is 1. The van der Waals surface area contributed by atoms with E-state index < -0.39 is 5.97 Å². The molecule has 2 aromatic rings. The van der Waals surface area contributed by atoms with Gasteiger partial charge < -0.3 is 20.3 Å². The van der Waals surface area contributed by atoms with Crippen molar-refractivity contribution in [3.05, 3.63) is 48.0 Å². The second kappa shape index (κ2) is 6.76. The van der Waals surface area contributed by atoms with Gasteiger partial charge in [-0.2, -0.15) is 0 Å². The van der Waals surface area contributed by atoms with Gasteiger partial charge in [-0.1, -0.05) is 18.2 Å². The molecule has 0 saturated heterocycles. The third-order valence-corrected chi connectivity index (χ3v) is 3.06. The molecule has 0 heterocycles. The predicted molar refractivity (Wildman–Crippen MR) is 79.5 cm³/mol. The van der Waals surface area contributed by atoms with Gasteiger partial charge in [-0.15, -0.1) is 0 Å². The summed E-state index contributed by atoms with van der Waals surface area (Å²) in [4.78, 5) is 10.5. The second-order valence-corrected chi connectivity index (χ2v) is 4.43. The summed E-state index contributed by atoms with van der Waals surface area (Å²) < 4.78 is 10.3. The standard InChI is InChI=1S/C16H17NO4/c1-20-14-7-4-12(9-17)15(8-14)11-2-5-13(6-3-11)21-10-16(18)19/h2-8H,9-10,17H2,1H3,(H,18,19). The van der Waals surface area contributed by atoms with Crippen LogP contribution < -0.4 is 15.2 Å². The Morgan fingerprint density at radius 1 is 1.14 bits per heavy atom. The molecular formula is C16H17NO4. The van der Waals surface area contributed by atoms with Crippen molar-refractivity contribution in [1.29, 1.82) is 0 Å². The fourth-order valence-corrected chi connectivity index (χ4v) is 2.01. The van der Waals surface area contributed by atoms with Crippen molar-refractivity contribution < 1.29 is 19.4 Å². The van der Waals surface area contributed by atoms with Gasteiger partial charge in [0.1, 0.15) is 11.5 Å². The summed E-state index contributed by atoms with van der Waals surface area (Å²) in [5.41, 5.74) is 8.73. The molecule has 3 N–H and O–H groups in total. The average Bonchev–Trinajstić information content (AvgIpc) is 2.52. The highest BCUT2D eigenvalue weighted by atomic mass is 16.5. The molecule has 0 atom stereocenters. The largest absolute Gasteiger partial charge is 0.497 e. The first-order chi connectivity index (χ1) is 10.1. The topological polar surface area (TPSA) is 81.8 Å². The zero-order chi connectivity index (χ0) is 15.2. The molecule has 0 spiro atoms. The number of hydrogen-bond acceptors (Lipinski definition) is 4. The number of carboxylic acids is 1. The summed E-state index contributed by atoms with van der Waals surface area (Å²) in [6.07, 6.45) is 0. The molecule has 0 amide bonds. The Bertz CT molecular complexity index is 623. The van der Waals surface area contributed by atoms with Crippen molar-refractivity contribution in [2.45, 2.75) is 6.54 Å². The molecule has 0 fully saturated rings. The maximum absolute atomic E-state index is 10.5. The lowest BCUT2D eigenvalue weighted by atomic mass is 9.99. The Morgan fingerprint density at radius 2 is 1.81 bits per heavy atom. The van der Waals surface area contributed by atoms with Gasteiger partial charge in [0.05, 0.1) is 7.11 Å². The minimum absolute atomic E-state index is 0.355. The van der Waals surface area contributed by atoms with Gasteiger partial charge in [0.15, 0.2) is 6.61 Å². The van der Waals surface area contributed by atoms with Crippen LogP contribution in [0.5, 0.6) is 11.5 Å². The summed E-state index contributed by atoms with van der Waals surface area (Å²) >= 11 is 0. The zero-order valence-electron chi connectivity index (χ0n) is 11.7. The molecule has 0 aromatic heterocycles. The number of carbonyl (C=O) groups is 1. The van der Waals surface area contributed by atoms with Crippen molar-refractivity contribution in [1.82, 2.24) is 0 Å². The Balaban J connectivity index is 2.27. The first-order valence-corrected chi connectivity index (χ1v) is 6.46. The van der Waals surface area contributed by atoms with Crippen LogP contribution in [-0.4, -0.2) is 24.8 Å². The highest BCUT2D eigenvalue weighted by Gasteiger charge is 2.07. The molecular weight excluding hydrogens is 270 g/mol. The highest BCUT2D eigenvalue weighted by molar-refractivity contribution is 5.70. The maximum atomic E-state index is 10.5. The van der Waals surface area contributed by atoms with Gasteiger partial charge in [-0.3, -0.25) is 0 Å². The quantitative estimate of drug-likeness (QED) is 0.851. The Kier molecular flexibility index (Phi) is 4.79. The van der Waals surface area contributed by atoms with Gasteiger partial charge >= 0.3 is 5.97 Å². The average molecular weight is 287 g/mol. The molecule has 5 nitrogen and oxygen atoms in total. The number of carboxylic acid groups (broad SMARTS) is 1. The zero-order valence-corrected chi connectivity index (χ0v) is 11.7. The summed E-state index contributed by atoms with van der Waals surface area (Å²) in [6, 6.07) is 12.9. The third-order valence-electron chi connectivity index (χ3n) is 3.06. The smallest absolute Gasteiger partial charge is 0.341 e. The Morgan fingerprint density at radius 3 is 2.38 bits per heavy atom. The van der Waals surface area contributed by atoms with E-state index in [4.69, 9.17) is 20.3 Å². The van der Waals surface area contributed by atoms with Crippen LogP contribution in [0.2, 0.25) is 0 Å². The molecule has 0 bridgehead atoms. The van der Waals surface area contributed by atoms with Gasteiger partial charge in [0.2, 0.25) is 0 Å². The molecule has 0 unspecified atom stereocenters. The lowest BCUT2D eigenvalue weighted by Gasteiger charge is -2.11. The molecule has 2 rings (SSSR count). The minimum Gasteiger partial charge on any atom is -0.497 e. The molecule has 2 aromatic carbocycles. The van der Waals surface area contributed by atoms with Crippen LogP contribution in [0.3, 0.4) is 0 Å². The molecule has 21 heavy (non-hydrogen) atoms. The fraction of sp³-hybridized carbons (Fsp3) is 0.188. The van der Waals surface area contributed by atoms with Crippen LogP contribution in [0.4, 0.5) is 0 Å². The highest BCUT2D eigenvalue weighted by Crippen LogP contribution is 2.29. The van der Waals surface area contributed by atoms with Crippen LogP contribution in [0.1, 0.15) is 5.56 Å². The first kappa shape index (κ1) is 14.9. The van der Waals surface area contributed by atoms with Crippen LogP contribution in [-0.2, 0) is 11.3 Å². The third kappa shape index (κ3) is 3.73. The number of hydrogen-bond donors (Lipinski definition) is 2. The van der Waals surface area contributed by atoms with Crippen LogP contribution in [0, 0.1) is 0 Å². The van der Waals surface area contributed by atoms with Gasteiger partial charge in [-0.25, -0.2) is 4.79 Å². The van der Waals surface area contributed by atoms with Crippen molar-refractivity contribution in [3.8, 4) is 22.6 Å². The summed E-state index contributed by atoms with van der Waals surface area (Å²) in [5.74, 6) is 0.268. The number of benzene rings is 2. The normalized spacial score (nSPS) is 10.2. The van der Waals surface area contributed by atoms with E-state index in [1.165, 1.54) is 0 Å². The van der Waals surface area contributed by atoms with Crippen molar-refractivity contribution in [3.63, 3.8) is 0 Å². The number of ether oxygens (including phenoxy) is 2. The van der Waals surface area contributed by atoms with E-state index in [1.807, 2.05) is 30.3 Å². The SMILES string of the molecule is COc1ccc(CN)c(-c2ccc(OCC(=O)O)cc2)c1. The number of methoxy groups -OCH3 is 1. The predicted octanol–water partition coefficient (Wildman–Crippen LogP) is 2.28. The van der Waals surface area contributed by atoms with E-state index in [-0.39, 0.29) is 6.61 Å². The van der Waals surface area contributed by atoms with Crippen molar-refractivity contribution in [2.24, 2.45) is 5.73 Å². The number of nitrogens with two attached hydrogens (primary N) is 1. The van der Waals surface area contributed by atoms with Crippen LogP contribution in [0.25, 0.3) is 11.1 Å². The Labute approximate surface area is 122 Å². The second-order valence-electron chi connectivity index (χ2n) is 4.43. The molecule has 0 aliphatic heterocycles. The van der Waals surface area contributed by atoms with E-state index in [0.29, 0.717) is 12.3 Å². The van der Waals surface area contributed by atoms with E-state index >= 15 is 0 Å². The van der Waals surface area contributed by atoms with Crippen molar-refractivity contribution in [2.75, 3.05) is 13.7 Å². The minimum atomic E-state index is -1.00. The lowest BCUT2D eigenvalue weighted by Crippen LogP contribution is -2.09. The lowest BCUT2D eigenvalue weighted by molar-refractivity contribution is -0.139. The Hall–Kier alpha value is -2.53. The van der Waals surface area contributed by atoms with Gasteiger partial charge in [-0.05, 0) is 41.0 Å². The maximum Gasteiger partial charge on any atom is 0.341 e. The van der Waals surface area contributed by atoms with Gasteiger partial charge in [0, 0.05) is 6.54 Å². The van der Waals surface area contributed by atoms with E-state index in [0.717, 1.165) is 22.4 Å². The van der Waals surface area contributed by atoms with Crippen LogP contribution >= 0.6 is 0 Å². The monoisotopic (exact) mass is 287 g/mol. The molecule has 0 saturated carbocycles. The molecule has 110 valence electrons. The van der Waals surface area contributed by atoms with E-state index in [1.54, 1.807) is 19.2 Å². The van der Waals surface area contributed by atoms with Gasteiger partial charge in [0.25, 0.3) is 0 Å². The van der Waals surface area contributed by atoms with E-state index in [9.17, 15) is 4.79 Å². The van der Waals surface area contributed by atoms with Crippen LogP contribution in [0.15, 0.2) is 42.5 Å². The first-order valence-electron chi connectivity index (χ1n) is 6.46. The summed E-state index contributed by atoms with van der Waals surface area (Å²) in [7, 11) is 1.62. The fourth-order valence-electron chi connectivity index (χ4n) is 2.01. The molecule has 5 heteroatoms. The van der Waals surface area contributed by atoms with E-state index in [2.05, 4.69) is 0 Å². The molecule has 0 aliphatic carbocycles. The summed E-state index contributed by atoms with van der Waals surface area (Å²) in [6.45, 7) is 0.0726. The van der Waals surface area contributed by atoms with Crippen molar-refractivity contribution >= 4 is 5.97 Å². The number of rotatable bonds is 6. The molecule has 0 radical (unpaired) electrons. The molecule has 0 aliphatic rings.